The Hall–Kier alpha value is -1.10. The Labute approximate surface area is 95.6 Å². The number of benzene rings is 1. The number of hydrogen-bond donors (Lipinski definition) is 3. The summed E-state index contributed by atoms with van der Waals surface area (Å²) in [5.74, 6) is 1.05. The third-order valence-electron chi connectivity index (χ3n) is 3.22. The van der Waals surface area contributed by atoms with Crippen LogP contribution in [0.4, 0.5) is 0 Å². The van der Waals surface area contributed by atoms with E-state index in [0.717, 1.165) is 11.3 Å². The molecule has 1 saturated heterocycles. The molecule has 0 amide bonds. The van der Waals surface area contributed by atoms with Crippen molar-refractivity contribution in [1.29, 1.82) is 0 Å². The van der Waals surface area contributed by atoms with Crippen molar-refractivity contribution in [3.05, 3.63) is 29.8 Å². The fraction of sp³-hybridized carbons (Fsp3) is 0.500. The maximum absolute atomic E-state index is 9.36. The highest BCUT2D eigenvalue weighted by atomic mass is 16.5. The number of aliphatic hydroxyl groups excluding tert-OH is 1. The molecule has 4 nitrogen and oxygen atoms in total. The van der Waals surface area contributed by atoms with E-state index in [1.807, 2.05) is 24.3 Å². The minimum absolute atomic E-state index is 0.158. The van der Waals surface area contributed by atoms with Gasteiger partial charge in [-0.2, -0.15) is 0 Å². The average Bonchev–Trinajstić information content (AvgIpc) is 2.70. The second-order valence-electron chi connectivity index (χ2n) is 4.17. The molecule has 0 saturated carbocycles. The van der Waals surface area contributed by atoms with E-state index in [9.17, 15) is 5.11 Å². The van der Waals surface area contributed by atoms with Gasteiger partial charge in [-0.05, 0) is 24.6 Å². The van der Waals surface area contributed by atoms with E-state index in [-0.39, 0.29) is 24.6 Å². The summed E-state index contributed by atoms with van der Waals surface area (Å²) in [6, 6.07) is 8.36. The quantitative estimate of drug-likeness (QED) is 0.709. The largest absolute Gasteiger partial charge is 0.497 e. The molecule has 0 spiro atoms. The number of hydrogen-bond acceptors (Lipinski definition) is 4. The fourth-order valence-corrected chi connectivity index (χ4v) is 2.13. The van der Waals surface area contributed by atoms with Crippen LogP contribution in [0.25, 0.3) is 0 Å². The van der Waals surface area contributed by atoms with Crippen LogP contribution in [-0.2, 0) is 0 Å². The summed E-state index contributed by atoms with van der Waals surface area (Å²) in [5, 5.41) is 9.36. The van der Waals surface area contributed by atoms with Crippen molar-refractivity contribution in [3.63, 3.8) is 0 Å². The van der Waals surface area contributed by atoms with Gasteiger partial charge in [-0.25, -0.2) is 5.43 Å². The van der Waals surface area contributed by atoms with Crippen molar-refractivity contribution in [2.45, 2.75) is 19.0 Å². The molecule has 0 aliphatic carbocycles. The van der Waals surface area contributed by atoms with Crippen LogP contribution in [0.3, 0.4) is 0 Å². The summed E-state index contributed by atoms with van der Waals surface area (Å²) in [6.07, 6.45) is 0. The summed E-state index contributed by atoms with van der Waals surface area (Å²) in [5.41, 5.74) is 7.53. The highest BCUT2D eigenvalue weighted by molar-refractivity contribution is 5.30. The molecular weight excluding hydrogens is 204 g/mol. The van der Waals surface area contributed by atoms with Crippen LogP contribution >= 0.6 is 0 Å². The Kier molecular flexibility index (Phi) is 3.43. The zero-order chi connectivity index (χ0) is 11.5. The lowest BCUT2D eigenvalue weighted by Gasteiger charge is -2.18. The first-order valence-electron chi connectivity index (χ1n) is 5.52. The van der Waals surface area contributed by atoms with E-state index < -0.39 is 0 Å². The van der Waals surface area contributed by atoms with Crippen molar-refractivity contribution >= 4 is 0 Å². The van der Waals surface area contributed by atoms with Crippen molar-refractivity contribution in [1.82, 2.24) is 10.9 Å². The van der Waals surface area contributed by atoms with Crippen molar-refractivity contribution < 1.29 is 9.84 Å². The Morgan fingerprint density at radius 1 is 1.25 bits per heavy atom. The SMILES string of the molecule is COc1ccc(C2NNC(C)C2CO)cc1. The van der Waals surface area contributed by atoms with Crippen LogP contribution in [0.2, 0.25) is 0 Å². The van der Waals surface area contributed by atoms with Gasteiger partial charge in [-0.15, -0.1) is 0 Å². The maximum Gasteiger partial charge on any atom is 0.118 e. The summed E-state index contributed by atoms with van der Waals surface area (Å²) in [7, 11) is 1.66. The van der Waals surface area contributed by atoms with Crippen LogP contribution in [0.1, 0.15) is 18.5 Å². The van der Waals surface area contributed by atoms with E-state index in [0.29, 0.717) is 0 Å². The highest BCUT2D eigenvalue weighted by Crippen LogP contribution is 2.29. The minimum Gasteiger partial charge on any atom is -0.497 e. The van der Waals surface area contributed by atoms with Crippen LogP contribution in [0.5, 0.6) is 5.75 Å². The maximum atomic E-state index is 9.36. The van der Waals surface area contributed by atoms with E-state index in [2.05, 4.69) is 17.8 Å². The topological polar surface area (TPSA) is 53.5 Å². The summed E-state index contributed by atoms with van der Waals surface area (Å²) in [6.45, 7) is 2.25. The smallest absolute Gasteiger partial charge is 0.118 e. The first kappa shape index (κ1) is 11.4. The molecule has 1 aromatic carbocycles. The molecule has 0 radical (unpaired) electrons. The second-order valence-corrected chi connectivity index (χ2v) is 4.17. The molecule has 1 aliphatic heterocycles. The molecule has 4 heteroatoms. The first-order chi connectivity index (χ1) is 7.76. The average molecular weight is 222 g/mol. The van der Waals surface area contributed by atoms with Crippen molar-refractivity contribution in [2.24, 2.45) is 5.92 Å². The zero-order valence-corrected chi connectivity index (χ0v) is 9.60. The molecule has 1 aromatic rings. The summed E-state index contributed by atoms with van der Waals surface area (Å²) >= 11 is 0. The molecule has 0 aromatic heterocycles. The summed E-state index contributed by atoms with van der Waals surface area (Å²) in [4.78, 5) is 0. The van der Waals surface area contributed by atoms with E-state index in [1.54, 1.807) is 7.11 Å². The van der Waals surface area contributed by atoms with Gasteiger partial charge >= 0.3 is 0 Å². The van der Waals surface area contributed by atoms with Gasteiger partial charge in [0.15, 0.2) is 0 Å². The first-order valence-corrected chi connectivity index (χ1v) is 5.52. The molecule has 1 aliphatic rings. The van der Waals surface area contributed by atoms with Crippen molar-refractivity contribution in [3.8, 4) is 5.75 Å². The Balaban J connectivity index is 2.17. The molecule has 3 unspecified atom stereocenters. The van der Waals surface area contributed by atoms with Gasteiger partial charge in [0.2, 0.25) is 0 Å². The van der Waals surface area contributed by atoms with E-state index in [4.69, 9.17) is 4.74 Å². The van der Waals surface area contributed by atoms with Crippen LogP contribution < -0.4 is 15.6 Å². The van der Waals surface area contributed by atoms with E-state index >= 15 is 0 Å². The standard InChI is InChI=1S/C12H18N2O2/c1-8-11(7-15)12(14-13-8)9-3-5-10(16-2)6-4-9/h3-6,8,11-15H,7H2,1-2H3. The predicted octanol–water partition coefficient (Wildman–Crippen LogP) is 0.841. The van der Waals surface area contributed by atoms with Gasteiger partial charge < -0.3 is 9.84 Å². The van der Waals surface area contributed by atoms with Crippen LogP contribution in [-0.4, -0.2) is 24.9 Å². The molecule has 88 valence electrons. The van der Waals surface area contributed by atoms with Gasteiger partial charge in [0, 0.05) is 18.6 Å². The third kappa shape index (κ3) is 2.04. The van der Waals surface area contributed by atoms with Crippen LogP contribution in [0, 0.1) is 5.92 Å². The Morgan fingerprint density at radius 3 is 2.50 bits per heavy atom. The number of hydrazine groups is 1. The van der Waals surface area contributed by atoms with Crippen molar-refractivity contribution in [2.75, 3.05) is 13.7 Å². The molecule has 16 heavy (non-hydrogen) atoms. The molecule has 1 heterocycles. The minimum atomic E-state index is 0.158. The van der Waals surface area contributed by atoms with Gasteiger partial charge in [-0.1, -0.05) is 12.1 Å². The lowest BCUT2D eigenvalue weighted by atomic mass is 9.91. The highest BCUT2D eigenvalue weighted by Gasteiger charge is 2.33. The molecule has 0 bridgehead atoms. The number of aliphatic hydroxyl groups is 1. The number of rotatable bonds is 3. The second kappa shape index (κ2) is 4.82. The molecule has 3 atom stereocenters. The molecule has 3 N–H and O–H groups in total. The predicted molar refractivity (Wildman–Crippen MR) is 62.0 cm³/mol. The Morgan fingerprint density at radius 2 is 1.94 bits per heavy atom. The monoisotopic (exact) mass is 222 g/mol. The zero-order valence-electron chi connectivity index (χ0n) is 9.60. The molecule has 2 rings (SSSR count). The number of methoxy groups -OCH3 is 1. The normalized spacial score (nSPS) is 29.3. The lowest BCUT2D eigenvalue weighted by Crippen LogP contribution is -2.29. The molecular formula is C12H18N2O2. The van der Waals surface area contributed by atoms with Crippen LogP contribution in [0.15, 0.2) is 24.3 Å². The number of ether oxygens (including phenoxy) is 1. The van der Waals surface area contributed by atoms with E-state index in [1.165, 1.54) is 0 Å². The van der Waals surface area contributed by atoms with Gasteiger partial charge in [0.05, 0.1) is 13.2 Å². The van der Waals surface area contributed by atoms with Gasteiger partial charge in [0.1, 0.15) is 5.75 Å². The Bertz CT molecular complexity index is 339. The number of nitrogens with one attached hydrogen (secondary N) is 2. The summed E-state index contributed by atoms with van der Waals surface area (Å²) < 4.78 is 5.12. The van der Waals surface area contributed by atoms with Gasteiger partial charge in [0.25, 0.3) is 0 Å². The van der Waals surface area contributed by atoms with Gasteiger partial charge in [-0.3, -0.25) is 5.43 Å². The molecule has 1 fully saturated rings. The fourth-order valence-electron chi connectivity index (χ4n) is 2.13. The lowest BCUT2D eigenvalue weighted by molar-refractivity contribution is 0.204. The third-order valence-corrected chi connectivity index (χ3v) is 3.22.